The van der Waals surface area contributed by atoms with Crippen molar-refractivity contribution < 1.29 is 4.79 Å². The Labute approximate surface area is 153 Å². The molecule has 0 spiro atoms. The Bertz CT molecular complexity index is 940. The molecule has 0 aliphatic rings. The maximum Gasteiger partial charge on any atom is 0.321 e. The highest BCUT2D eigenvalue weighted by Crippen LogP contribution is 2.22. The number of rotatable bonds is 4. The van der Waals surface area contributed by atoms with Crippen LogP contribution in [-0.2, 0) is 6.42 Å². The summed E-state index contributed by atoms with van der Waals surface area (Å²) < 4.78 is 0. The molecular formula is C20H23N5O. The van der Waals surface area contributed by atoms with Gasteiger partial charge in [0.05, 0.1) is 16.9 Å². The number of aryl methyl sites for hydroxylation is 2. The van der Waals surface area contributed by atoms with Crippen LogP contribution in [0.2, 0.25) is 0 Å². The third-order valence-electron chi connectivity index (χ3n) is 4.58. The SMILES string of the molecule is Cc1cc2c(NC(=O)N(C)[C@@H](C)Cc3ncccc3C)cccc2nn1. The fourth-order valence-electron chi connectivity index (χ4n) is 2.82. The van der Waals surface area contributed by atoms with Gasteiger partial charge in [0.2, 0.25) is 0 Å². The summed E-state index contributed by atoms with van der Waals surface area (Å²) in [5.41, 5.74) is 4.45. The van der Waals surface area contributed by atoms with E-state index in [1.165, 1.54) is 0 Å². The molecule has 3 aromatic rings. The number of hydrogen-bond donors (Lipinski definition) is 1. The number of pyridine rings is 1. The molecule has 0 saturated heterocycles. The number of carbonyl (C=O) groups excluding carboxylic acids is 1. The van der Waals surface area contributed by atoms with Crippen molar-refractivity contribution in [1.82, 2.24) is 20.1 Å². The summed E-state index contributed by atoms with van der Waals surface area (Å²) in [5, 5.41) is 12.1. The summed E-state index contributed by atoms with van der Waals surface area (Å²) in [6.07, 6.45) is 2.49. The zero-order valence-electron chi connectivity index (χ0n) is 15.5. The highest BCUT2D eigenvalue weighted by Gasteiger charge is 2.18. The van der Waals surface area contributed by atoms with Crippen molar-refractivity contribution in [2.75, 3.05) is 12.4 Å². The Balaban J connectivity index is 1.75. The molecule has 1 atom stereocenters. The van der Waals surface area contributed by atoms with Gasteiger partial charge in [-0.3, -0.25) is 4.98 Å². The molecule has 134 valence electrons. The molecule has 0 aliphatic carbocycles. The summed E-state index contributed by atoms with van der Waals surface area (Å²) in [4.78, 5) is 18.8. The number of aromatic nitrogens is 3. The van der Waals surface area contributed by atoms with Gasteiger partial charge in [-0.15, -0.1) is 0 Å². The molecule has 1 N–H and O–H groups in total. The van der Waals surface area contributed by atoms with Crippen LogP contribution in [0.3, 0.4) is 0 Å². The van der Waals surface area contributed by atoms with Crippen molar-refractivity contribution in [3.63, 3.8) is 0 Å². The van der Waals surface area contributed by atoms with E-state index in [-0.39, 0.29) is 12.1 Å². The van der Waals surface area contributed by atoms with Crippen LogP contribution in [0, 0.1) is 13.8 Å². The van der Waals surface area contributed by atoms with Gasteiger partial charge in [-0.1, -0.05) is 12.1 Å². The highest BCUT2D eigenvalue weighted by atomic mass is 16.2. The maximum absolute atomic E-state index is 12.7. The van der Waals surface area contributed by atoms with Crippen molar-refractivity contribution in [2.24, 2.45) is 0 Å². The number of likely N-dealkylation sites (N-methyl/N-ethyl adjacent to an activating group) is 1. The first-order valence-electron chi connectivity index (χ1n) is 8.63. The Morgan fingerprint density at radius 2 is 2.00 bits per heavy atom. The van der Waals surface area contributed by atoms with Crippen molar-refractivity contribution in [1.29, 1.82) is 0 Å². The Kier molecular flexibility index (Phi) is 5.11. The molecule has 6 heteroatoms. The number of hydrogen-bond acceptors (Lipinski definition) is 4. The summed E-state index contributed by atoms with van der Waals surface area (Å²) in [6, 6.07) is 11.4. The van der Waals surface area contributed by atoms with Crippen LogP contribution in [0.5, 0.6) is 0 Å². The number of urea groups is 1. The van der Waals surface area contributed by atoms with Gasteiger partial charge < -0.3 is 10.2 Å². The predicted molar refractivity (Wildman–Crippen MR) is 103 cm³/mol. The van der Waals surface area contributed by atoms with Crippen molar-refractivity contribution in [2.45, 2.75) is 33.2 Å². The molecule has 0 aliphatic heterocycles. The predicted octanol–water partition coefficient (Wildman–Crippen LogP) is 3.74. The molecule has 0 fully saturated rings. The van der Waals surface area contributed by atoms with Crippen LogP contribution in [0.25, 0.3) is 10.9 Å². The second-order valence-corrected chi connectivity index (χ2v) is 6.59. The van der Waals surface area contributed by atoms with Crippen LogP contribution >= 0.6 is 0 Å². The summed E-state index contributed by atoms with van der Waals surface area (Å²) >= 11 is 0. The van der Waals surface area contributed by atoms with E-state index in [1.54, 1.807) is 18.1 Å². The minimum atomic E-state index is -0.159. The average Bonchev–Trinajstić information content (AvgIpc) is 2.63. The molecule has 0 radical (unpaired) electrons. The van der Waals surface area contributed by atoms with Crippen LogP contribution in [-0.4, -0.2) is 39.2 Å². The summed E-state index contributed by atoms with van der Waals surface area (Å²) in [6.45, 7) is 5.94. The molecule has 0 saturated carbocycles. The van der Waals surface area contributed by atoms with Gasteiger partial charge in [-0.2, -0.15) is 10.2 Å². The smallest absolute Gasteiger partial charge is 0.321 e. The number of amides is 2. The molecule has 6 nitrogen and oxygen atoms in total. The van der Waals surface area contributed by atoms with E-state index >= 15 is 0 Å². The lowest BCUT2D eigenvalue weighted by molar-refractivity contribution is 0.207. The standard InChI is InChI=1S/C20H23N5O/c1-13-7-6-10-21-19(13)12-15(3)25(4)20(26)22-17-8-5-9-18-16(17)11-14(2)23-24-18/h5-11,15H,12H2,1-4H3,(H,22,26)/t15-/m0/s1. The van der Waals surface area contributed by atoms with E-state index in [9.17, 15) is 4.79 Å². The van der Waals surface area contributed by atoms with Crippen LogP contribution in [0.4, 0.5) is 10.5 Å². The average molecular weight is 349 g/mol. The first kappa shape index (κ1) is 17.8. The van der Waals surface area contributed by atoms with Gasteiger partial charge in [0.1, 0.15) is 0 Å². The molecule has 1 aromatic carbocycles. The van der Waals surface area contributed by atoms with Gasteiger partial charge in [0.25, 0.3) is 0 Å². The second kappa shape index (κ2) is 7.47. The van der Waals surface area contributed by atoms with E-state index in [1.807, 2.05) is 57.2 Å². The zero-order valence-corrected chi connectivity index (χ0v) is 15.5. The van der Waals surface area contributed by atoms with Crippen LogP contribution in [0.15, 0.2) is 42.6 Å². The maximum atomic E-state index is 12.7. The number of nitrogens with zero attached hydrogens (tertiary/aromatic N) is 4. The van der Waals surface area contributed by atoms with Gasteiger partial charge in [-0.25, -0.2) is 4.79 Å². The summed E-state index contributed by atoms with van der Waals surface area (Å²) in [5.74, 6) is 0. The largest absolute Gasteiger partial charge is 0.324 e. The monoisotopic (exact) mass is 349 g/mol. The Morgan fingerprint density at radius 3 is 2.77 bits per heavy atom. The number of fused-ring (bicyclic) bond motifs is 1. The van der Waals surface area contributed by atoms with Crippen LogP contribution < -0.4 is 5.32 Å². The van der Waals surface area contributed by atoms with Gasteiger partial charge in [0, 0.05) is 36.8 Å². The Morgan fingerprint density at radius 1 is 1.19 bits per heavy atom. The van der Waals surface area contributed by atoms with E-state index in [0.717, 1.165) is 33.5 Å². The van der Waals surface area contributed by atoms with Crippen molar-refractivity contribution in [3.05, 3.63) is 59.5 Å². The zero-order chi connectivity index (χ0) is 18.7. The molecule has 26 heavy (non-hydrogen) atoms. The topological polar surface area (TPSA) is 71.0 Å². The number of nitrogens with one attached hydrogen (secondary N) is 1. The van der Waals surface area contributed by atoms with Crippen molar-refractivity contribution in [3.8, 4) is 0 Å². The fraction of sp³-hybridized carbons (Fsp3) is 0.300. The van der Waals surface area contributed by atoms with Gasteiger partial charge in [-0.05, 0) is 50.6 Å². The number of anilines is 1. The molecule has 2 amide bonds. The summed E-state index contributed by atoms with van der Waals surface area (Å²) in [7, 11) is 1.80. The molecular weight excluding hydrogens is 326 g/mol. The lowest BCUT2D eigenvalue weighted by Crippen LogP contribution is -2.39. The van der Waals surface area contributed by atoms with E-state index in [0.29, 0.717) is 6.42 Å². The highest BCUT2D eigenvalue weighted by molar-refractivity contribution is 6.00. The molecule has 2 heterocycles. The number of benzene rings is 1. The minimum Gasteiger partial charge on any atom is -0.324 e. The minimum absolute atomic E-state index is 0.0140. The molecule has 3 rings (SSSR count). The molecule has 2 aromatic heterocycles. The molecule has 0 unspecified atom stereocenters. The van der Waals surface area contributed by atoms with E-state index < -0.39 is 0 Å². The first-order chi connectivity index (χ1) is 12.5. The third kappa shape index (κ3) is 3.79. The van der Waals surface area contributed by atoms with Gasteiger partial charge in [0.15, 0.2) is 0 Å². The van der Waals surface area contributed by atoms with Crippen LogP contribution in [0.1, 0.15) is 23.9 Å². The quantitative estimate of drug-likeness (QED) is 0.779. The first-order valence-corrected chi connectivity index (χ1v) is 8.63. The number of carbonyl (C=O) groups is 1. The van der Waals surface area contributed by atoms with Crippen molar-refractivity contribution >= 4 is 22.6 Å². The third-order valence-corrected chi connectivity index (χ3v) is 4.58. The molecule has 0 bridgehead atoms. The van der Waals surface area contributed by atoms with Gasteiger partial charge >= 0.3 is 6.03 Å². The second-order valence-electron chi connectivity index (χ2n) is 6.59. The fourth-order valence-corrected chi connectivity index (χ4v) is 2.82. The van der Waals surface area contributed by atoms with E-state index in [2.05, 4.69) is 20.5 Å². The Hall–Kier alpha value is -3.02. The van der Waals surface area contributed by atoms with E-state index in [4.69, 9.17) is 0 Å². The lowest BCUT2D eigenvalue weighted by Gasteiger charge is -2.25. The normalized spacial score (nSPS) is 12.0. The lowest BCUT2D eigenvalue weighted by atomic mass is 10.1.